The molecular weight excluding hydrogens is 222 g/mol. The van der Waals surface area contributed by atoms with Gasteiger partial charge in [-0.15, -0.1) is 0 Å². The summed E-state index contributed by atoms with van der Waals surface area (Å²) >= 11 is 0. The second-order valence-electron chi connectivity index (χ2n) is 3.85. The normalized spacial score (nSPS) is 12.9. The van der Waals surface area contributed by atoms with Crippen LogP contribution in [0.1, 0.15) is 10.5 Å². The van der Waals surface area contributed by atoms with Crippen LogP contribution in [0.2, 0.25) is 0 Å². The Morgan fingerprint density at radius 3 is 3.00 bits per heavy atom. The number of hydrogen-bond donors (Lipinski definition) is 1. The average molecular weight is 231 g/mol. The Labute approximate surface area is 95.8 Å². The van der Waals surface area contributed by atoms with Gasteiger partial charge in [-0.2, -0.15) is 0 Å². The predicted octanol–water partition coefficient (Wildman–Crippen LogP) is 0.243. The van der Waals surface area contributed by atoms with Crippen molar-refractivity contribution in [2.45, 2.75) is 13.1 Å². The molecule has 1 N–H and O–H groups in total. The van der Waals surface area contributed by atoms with Crippen LogP contribution in [0.25, 0.3) is 11.5 Å². The molecule has 0 atom stereocenters. The summed E-state index contributed by atoms with van der Waals surface area (Å²) in [5, 5.41) is 9.80. The van der Waals surface area contributed by atoms with E-state index >= 15 is 0 Å². The van der Waals surface area contributed by atoms with E-state index in [1.54, 1.807) is 15.3 Å². The fraction of sp³-hybridized carbons (Fsp3) is 0.182. The fourth-order valence-corrected chi connectivity index (χ4v) is 2.10. The Bertz CT molecular complexity index is 669. The number of carbonyl (C=O) groups is 1. The maximum Gasteiger partial charge on any atom is 0.223 e. The Morgan fingerprint density at radius 2 is 2.24 bits per heavy atom. The summed E-state index contributed by atoms with van der Waals surface area (Å²) in [4.78, 5) is 26.3. The summed E-state index contributed by atoms with van der Waals surface area (Å²) in [5.74, 6) is 0.130. The molecular formula is C11H9N3O3. The molecule has 0 aromatic carbocycles. The summed E-state index contributed by atoms with van der Waals surface area (Å²) in [6.07, 6.45) is 3.77. The van der Waals surface area contributed by atoms with Crippen LogP contribution in [0.5, 0.6) is 5.75 Å². The number of carbonyl (C=O) groups excluding carboxylic acids is 1. The highest BCUT2D eigenvalue weighted by Gasteiger charge is 2.23. The molecule has 1 aliphatic heterocycles. The molecule has 3 heterocycles. The maximum atomic E-state index is 11.4. The number of hydrogen-bond acceptors (Lipinski definition) is 4. The standard InChI is InChI=1S/C11H9N3O3/c15-6-7-5-12-11-9-10(17)8(16)1-2-13(9)3-4-14(7)11/h1-2,5-6,17H,3-4H2. The van der Waals surface area contributed by atoms with E-state index in [1.165, 1.54) is 12.3 Å². The highest BCUT2D eigenvalue weighted by atomic mass is 16.3. The quantitative estimate of drug-likeness (QED) is 0.713. The van der Waals surface area contributed by atoms with Gasteiger partial charge in [0, 0.05) is 25.4 Å². The molecule has 86 valence electrons. The van der Waals surface area contributed by atoms with Gasteiger partial charge in [0.15, 0.2) is 17.9 Å². The third-order valence-corrected chi connectivity index (χ3v) is 2.93. The first-order valence-corrected chi connectivity index (χ1v) is 5.16. The zero-order valence-electron chi connectivity index (χ0n) is 8.83. The topological polar surface area (TPSA) is 77.1 Å². The van der Waals surface area contributed by atoms with Gasteiger partial charge in [0.1, 0.15) is 11.4 Å². The van der Waals surface area contributed by atoms with Crippen LogP contribution in [0, 0.1) is 0 Å². The first-order chi connectivity index (χ1) is 8.22. The molecule has 2 aromatic heterocycles. The van der Waals surface area contributed by atoms with Crippen molar-refractivity contribution in [1.29, 1.82) is 0 Å². The van der Waals surface area contributed by atoms with Crippen LogP contribution in [0.4, 0.5) is 0 Å². The molecule has 0 bridgehead atoms. The molecule has 0 unspecified atom stereocenters. The maximum absolute atomic E-state index is 11.4. The monoisotopic (exact) mass is 231 g/mol. The number of nitrogens with zero attached hydrogens (tertiary/aromatic N) is 3. The number of pyridine rings is 1. The lowest BCUT2D eigenvalue weighted by Crippen LogP contribution is -2.21. The second kappa shape index (κ2) is 3.31. The first kappa shape index (κ1) is 9.83. The van der Waals surface area contributed by atoms with Gasteiger partial charge in [-0.25, -0.2) is 4.98 Å². The molecule has 1 aliphatic rings. The summed E-state index contributed by atoms with van der Waals surface area (Å²) in [7, 11) is 0. The molecule has 6 nitrogen and oxygen atoms in total. The number of imidazole rings is 1. The van der Waals surface area contributed by atoms with Gasteiger partial charge in [0.05, 0.1) is 6.20 Å². The van der Waals surface area contributed by atoms with Gasteiger partial charge in [-0.05, 0) is 0 Å². The van der Waals surface area contributed by atoms with Crippen molar-refractivity contribution >= 4 is 6.29 Å². The van der Waals surface area contributed by atoms with Gasteiger partial charge in [-0.1, -0.05) is 0 Å². The molecule has 0 saturated carbocycles. The number of aldehydes is 1. The van der Waals surface area contributed by atoms with Crippen LogP contribution in [0.3, 0.4) is 0 Å². The largest absolute Gasteiger partial charge is 0.503 e. The summed E-state index contributed by atoms with van der Waals surface area (Å²) < 4.78 is 3.45. The van der Waals surface area contributed by atoms with Gasteiger partial charge < -0.3 is 14.2 Å². The van der Waals surface area contributed by atoms with Gasteiger partial charge in [-0.3, -0.25) is 9.59 Å². The van der Waals surface area contributed by atoms with E-state index in [1.807, 2.05) is 0 Å². The van der Waals surface area contributed by atoms with Crippen molar-refractivity contribution in [1.82, 2.24) is 14.1 Å². The number of fused-ring (bicyclic) bond motifs is 3. The van der Waals surface area contributed by atoms with E-state index in [0.717, 1.165) is 0 Å². The molecule has 0 fully saturated rings. The summed E-state index contributed by atoms with van der Waals surface area (Å²) in [6, 6.07) is 1.32. The van der Waals surface area contributed by atoms with E-state index < -0.39 is 5.43 Å². The predicted molar refractivity (Wildman–Crippen MR) is 59.0 cm³/mol. The Balaban J connectivity index is 2.36. The minimum atomic E-state index is -0.444. The third-order valence-electron chi connectivity index (χ3n) is 2.93. The van der Waals surface area contributed by atoms with Gasteiger partial charge in [0.2, 0.25) is 5.43 Å². The van der Waals surface area contributed by atoms with E-state index in [9.17, 15) is 14.7 Å². The minimum absolute atomic E-state index is 0.323. The van der Waals surface area contributed by atoms with Crippen molar-refractivity contribution in [3.05, 3.63) is 34.4 Å². The van der Waals surface area contributed by atoms with Crippen molar-refractivity contribution in [3.8, 4) is 17.3 Å². The molecule has 0 saturated heterocycles. The second-order valence-corrected chi connectivity index (χ2v) is 3.85. The molecule has 0 aliphatic carbocycles. The third kappa shape index (κ3) is 1.24. The zero-order valence-corrected chi connectivity index (χ0v) is 8.83. The van der Waals surface area contributed by atoms with Crippen LogP contribution in [0.15, 0.2) is 23.3 Å². The Kier molecular flexibility index (Phi) is 1.91. The number of aryl methyl sites for hydroxylation is 1. The number of rotatable bonds is 1. The lowest BCUT2D eigenvalue weighted by Gasteiger charge is -2.21. The van der Waals surface area contributed by atoms with Gasteiger partial charge >= 0.3 is 0 Å². The van der Waals surface area contributed by atoms with Crippen LogP contribution >= 0.6 is 0 Å². The highest BCUT2D eigenvalue weighted by Crippen LogP contribution is 2.28. The van der Waals surface area contributed by atoms with E-state index in [4.69, 9.17) is 0 Å². The van der Waals surface area contributed by atoms with E-state index in [-0.39, 0.29) is 5.75 Å². The van der Waals surface area contributed by atoms with Crippen molar-refractivity contribution < 1.29 is 9.90 Å². The Morgan fingerprint density at radius 1 is 1.41 bits per heavy atom. The molecule has 0 radical (unpaired) electrons. The van der Waals surface area contributed by atoms with E-state index in [2.05, 4.69) is 4.98 Å². The first-order valence-electron chi connectivity index (χ1n) is 5.16. The Hall–Kier alpha value is -2.37. The molecule has 0 amide bonds. The van der Waals surface area contributed by atoms with Crippen LogP contribution in [-0.4, -0.2) is 25.5 Å². The molecule has 6 heteroatoms. The minimum Gasteiger partial charge on any atom is -0.503 e. The van der Waals surface area contributed by atoms with Crippen molar-refractivity contribution in [3.63, 3.8) is 0 Å². The molecule has 3 rings (SSSR count). The van der Waals surface area contributed by atoms with Crippen LogP contribution in [-0.2, 0) is 13.1 Å². The number of aromatic nitrogens is 3. The molecule has 2 aromatic rings. The summed E-state index contributed by atoms with van der Waals surface area (Å²) in [5.41, 5.74) is 0.374. The zero-order chi connectivity index (χ0) is 12.0. The van der Waals surface area contributed by atoms with E-state index in [0.29, 0.717) is 36.6 Å². The fourth-order valence-electron chi connectivity index (χ4n) is 2.10. The van der Waals surface area contributed by atoms with Crippen molar-refractivity contribution in [2.75, 3.05) is 0 Å². The van der Waals surface area contributed by atoms with Gasteiger partial charge in [0.25, 0.3) is 0 Å². The van der Waals surface area contributed by atoms with Crippen LogP contribution < -0.4 is 5.43 Å². The SMILES string of the molecule is O=Cc1cnc2n1CCn1ccc(=O)c(O)c1-2. The highest BCUT2D eigenvalue weighted by molar-refractivity contribution is 5.75. The average Bonchev–Trinajstić information content (AvgIpc) is 2.76. The smallest absolute Gasteiger partial charge is 0.223 e. The summed E-state index contributed by atoms with van der Waals surface area (Å²) in [6.45, 7) is 1.19. The molecule has 17 heavy (non-hydrogen) atoms. The van der Waals surface area contributed by atoms with Crippen molar-refractivity contribution in [2.24, 2.45) is 0 Å². The number of aromatic hydroxyl groups is 1. The lowest BCUT2D eigenvalue weighted by molar-refractivity contribution is 0.111. The lowest BCUT2D eigenvalue weighted by atomic mass is 10.2. The molecule has 0 spiro atoms.